The molecule has 0 saturated heterocycles. The molecular formula is C19H40N2. The first-order valence-corrected chi connectivity index (χ1v) is 9.43. The van der Waals surface area contributed by atoms with Gasteiger partial charge in [-0.05, 0) is 57.0 Å². The monoisotopic (exact) mass is 296 g/mol. The van der Waals surface area contributed by atoms with Gasteiger partial charge in [0, 0.05) is 18.6 Å². The van der Waals surface area contributed by atoms with Gasteiger partial charge < -0.3 is 10.2 Å². The average Bonchev–Trinajstić information content (AvgIpc) is 2.45. The Morgan fingerprint density at radius 2 is 1.95 bits per heavy atom. The van der Waals surface area contributed by atoms with Gasteiger partial charge in [0.15, 0.2) is 0 Å². The number of nitrogens with one attached hydrogen (secondary N) is 1. The van der Waals surface area contributed by atoms with Crippen molar-refractivity contribution in [1.82, 2.24) is 10.2 Å². The molecule has 1 aliphatic rings. The Labute approximate surface area is 134 Å². The smallest absolute Gasteiger partial charge is 0.0159 e. The molecule has 0 aromatic heterocycles. The molecule has 0 aliphatic heterocycles. The third-order valence-corrected chi connectivity index (χ3v) is 5.62. The highest BCUT2D eigenvalue weighted by Gasteiger charge is 2.39. The molecule has 3 atom stereocenters. The van der Waals surface area contributed by atoms with Gasteiger partial charge >= 0.3 is 0 Å². The molecule has 0 aromatic carbocycles. The molecule has 2 nitrogen and oxygen atoms in total. The van der Waals surface area contributed by atoms with Gasteiger partial charge in [0.1, 0.15) is 0 Å². The lowest BCUT2D eigenvalue weighted by Gasteiger charge is -2.46. The minimum Gasteiger partial charge on any atom is -0.313 e. The molecule has 1 aliphatic carbocycles. The Morgan fingerprint density at radius 3 is 2.52 bits per heavy atom. The van der Waals surface area contributed by atoms with E-state index in [9.17, 15) is 0 Å². The highest BCUT2D eigenvalue weighted by Crippen LogP contribution is 2.39. The van der Waals surface area contributed by atoms with Gasteiger partial charge in [0.05, 0.1) is 0 Å². The van der Waals surface area contributed by atoms with Crippen molar-refractivity contribution in [1.29, 1.82) is 0 Å². The quantitative estimate of drug-likeness (QED) is 0.664. The maximum Gasteiger partial charge on any atom is 0.0159 e. The summed E-state index contributed by atoms with van der Waals surface area (Å²) in [5.41, 5.74) is 0.449. The molecule has 0 spiro atoms. The number of hydrogen-bond donors (Lipinski definition) is 1. The lowest BCUT2D eigenvalue weighted by Crippen LogP contribution is -2.53. The zero-order valence-corrected chi connectivity index (χ0v) is 15.5. The zero-order chi connectivity index (χ0) is 15.9. The summed E-state index contributed by atoms with van der Waals surface area (Å²) in [5, 5.41) is 3.82. The Hall–Kier alpha value is -0.0800. The van der Waals surface area contributed by atoms with Crippen molar-refractivity contribution in [2.24, 2.45) is 11.3 Å². The van der Waals surface area contributed by atoms with Crippen LogP contribution in [-0.2, 0) is 0 Å². The summed E-state index contributed by atoms with van der Waals surface area (Å²) in [6, 6.07) is 1.41. The molecule has 1 N–H and O–H groups in total. The molecule has 0 bridgehead atoms. The molecule has 21 heavy (non-hydrogen) atoms. The predicted octanol–water partition coefficient (Wildman–Crippen LogP) is 4.69. The van der Waals surface area contributed by atoms with E-state index in [0.29, 0.717) is 11.5 Å². The fourth-order valence-electron chi connectivity index (χ4n) is 4.05. The summed E-state index contributed by atoms with van der Waals surface area (Å²) in [5.74, 6) is 0.819. The van der Waals surface area contributed by atoms with E-state index in [2.05, 4.69) is 51.8 Å². The Kier molecular flexibility index (Phi) is 8.26. The standard InChI is InChI=1S/C19H40N2/c1-7-10-14-21(16(4)8-2)15-17-12-11-13-19(5,6)18(17)20-9-3/h16-18,20H,7-15H2,1-6H3. The normalized spacial score (nSPS) is 27.0. The second-order valence-electron chi connectivity index (χ2n) is 7.78. The summed E-state index contributed by atoms with van der Waals surface area (Å²) in [4.78, 5) is 2.76. The van der Waals surface area contributed by atoms with Crippen LogP contribution in [0.4, 0.5) is 0 Å². The SMILES string of the molecule is CCCCN(CC1CCCC(C)(C)C1NCC)C(C)CC. The van der Waals surface area contributed by atoms with E-state index in [4.69, 9.17) is 0 Å². The summed E-state index contributed by atoms with van der Waals surface area (Å²) in [7, 11) is 0. The van der Waals surface area contributed by atoms with E-state index in [1.807, 2.05) is 0 Å². The van der Waals surface area contributed by atoms with Crippen LogP contribution in [-0.4, -0.2) is 36.6 Å². The molecular weight excluding hydrogens is 256 g/mol. The first-order chi connectivity index (χ1) is 9.96. The van der Waals surface area contributed by atoms with Crippen LogP contribution in [0, 0.1) is 11.3 Å². The molecule has 0 radical (unpaired) electrons. The Morgan fingerprint density at radius 1 is 1.24 bits per heavy atom. The molecule has 0 amide bonds. The molecule has 0 aromatic rings. The van der Waals surface area contributed by atoms with E-state index < -0.39 is 0 Å². The molecule has 126 valence electrons. The molecule has 2 heteroatoms. The maximum atomic E-state index is 3.82. The van der Waals surface area contributed by atoms with Crippen molar-refractivity contribution in [2.45, 2.75) is 92.2 Å². The molecule has 1 rings (SSSR count). The van der Waals surface area contributed by atoms with Crippen molar-refractivity contribution < 1.29 is 0 Å². The molecule has 1 fully saturated rings. The first-order valence-electron chi connectivity index (χ1n) is 9.43. The van der Waals surface area contributed by atoms with Crippen LogP contribution in [0.2, 0.25) is 0 Å². The number of nitrogens with zero attached hydrogens (tertiary/aromatic N) is 1. The lowest BCUT2D eigenvalue weighted by atomic mass is 9.67. The summed E-state index contributed by atoms with van der Waals surface area (Å²) in [6.07, 6.45) is 8.10. The highest BCUT2D eigenvalue weighted by molar-refractivity contribution is 4.94. The Balaban J connectivity index is 2.73. The van der Waals surface area contributed by atoms with Gasteiger partial charge in [-0.15, -0.1) is 0 Å². The van der Waals surface area contributed by atoms with E-state index in [0.717, 1.165) is 18.5 Å². The maximum absolute atomic E-state index is 3.82. The number of rotatable bonds is 9. The van der Waals surface area contributed by atoms with Crippen LogP contribution in [0.5, 0.6) is 0 Å². The second-order valence-corrected chi connectivity index (χ2v) is 7.78. The third-order valence-electron chi connectivity index (χ3n) is 5.62. The summed E-state index contributed by atoms with van der Waals surface area (Å²) >= 11 is 0. The van der Waals surface area contributed by atoms with Crippen LogP contribution < -0.4 is 5.32 Å². The van der Waals surface area contributed by atoms with Crippen LogP contribution in [0.1, 0.15) is 80.1 Å². The van der Waals surface area contributed by atoms with Gasteiger partial charge in [-0.1, -0.05) is 47.5 Å². The second kappa shape index (κ2) is 9.15. The van der Waals surface area contributed by atoms with Crippen molar-refractivity contribution in [3.8, 4) is 0 Å². The van der Waals surface area contributed by atoms with Crippen LogP contribution in [0.25, 0.3) is 0 Å². The van der Waals surface area contributed by atoms with Crippen molar-refractivity contribution >= 4 is 0 Å². The van der Waals surface area contributed by atoms with Gasteiger partial charge in [0.2, 0.25) is 0 Å². The fourth-order valence-corrected chi connectivity index (χ4v) is 4.05. The van der Waals surface area contributed by atoms with Crippen LogP contribution >= 0.6 is 0 Å². The zero-order valence-electron chi connectivity index (χ0n) is 15.5. The summed E-state index contributed by atoms with van der Waals surface area (Å²) < 4.78 is 0. The van der Waals surface area contributed by atoms with Crippen LogP contribution in [0.3, 0.4) is 0 Å². The van der Waals surface area contributed by atoms with E-state index in [-0.39, 0.29) is 0 Å². The van der Waals surface area contributed by atoms with E-state index >= 15 is 0 Å². The van der Waals surface area contributed by atoms with Crippen molar-refractivity contribution in [3.63, 3.8) is 0 Å². The molecule has 1 saturated carbocycles. The van der Waals surface area contributed by atoms with Gasteiger partial charge in [-0.2, -0.15) is 0 Å². The third kappa shape index (κ3) is 5.56. The largest absolute Gasteiger partial charge is 0.313 e. The molecule has 3 unspecified atom stereocenters. The topological polar surface area (TPSA) is 15.3 Å². The first kappa shape index (κ1) is 19.0. The highest BCUT2D eigenvalue weighted by atomic mass is 15.2. The number of hydrogen-bond acceptors (Lipinski definition) is 2. The van der Waals surface area contributed by atoms with Gasteiger partial charge in [0.25, 0.3) is 0 Å². The lowest BCUT2D eigenvalue weighted by molar-refractivity contribution is 0.0664. The minimum atomic E-state index is 0.449. The number of unbranched alkanes of at least 4 members (excludes halogenated alkanes) is 1. The Bertz CT molecular complexity index is 275. The van der Waals surface area contributed by atoms with Crippen LogP contribution in [0.15, 0.2) is 0 Å². The minimum absolute atomic E-state index is 0.449. The molecule has 0 heterocycles. The predicted molar refractivity (Wildman–Crippen MR) is 94.8 cm³/mol. The summed E-state index contributed by atoms with van der Waals surface area (Å²) in [6.45, 7) is 17.9. The fraction of sp³-hybridized carbons (Fsp3) is 1.00. The van der Waals surface area contributed by atoms with Crippen molar-refractivity contribution in [3.05, 3.63) is 0 Å². The van der Waals surface area contributed by atoms with Gasteiger partial charge in [-0.25, -0.2) is 0 Å². The van der Waals surface area contributed by atoms with Gasteiger partial charge in [-0.3, -0.25) is 0 Å². The van der Waals surface area contributed by atoms with Crippen molar-refractivity contribution in [2.75, 3.05) is 19.6 Å². The van der Waals surface area contributed by atoms with E-state index in [1.54, 1.807) is 0 Å². The average molecular weight is 297 g/mol. The van der Waals surface area contributed by atoms with E-state index in [1.165, 1.54) is 51.6 Å².